The Balaban J connectivity index is 1.77. The summed E-state index contributed by atoms with van der Waals surface area (Å²) >= 11 is 0. The van der Waals surface area contributed by atoms with Gasteiger partial charge in [0.25, 0.3) is 0 Å². The fraction of sp³-hybridized carbons (Fsp3) is 0.200. The fourth-order valence-electron chi connectivity index (χ4n) is 3.24. The van der Waals surface area contributed by atoms with Gasteiger partial charge in [0, 0.05) is 16.7 Å². The van der Waals surface area contributed by atoms with Crippen molar-refractivity contribution in [3.8, 4) is 17.2 Å². The first-order chi connectivity index (χ1) is 10.8. The second kappa shape index (κ2) is 5.38. The van der Waals surface area contributed by atoms with E-state index in [1.54, 1.807) is 6.07 Å². The smallest absolute Gasteiger partial charge is 0.135 e. The molecular formula is C20H18O2. The first-order valence-corrected chi connectivity index (χ1v) is 7.80. The number of hydrogen-bond acceptors (Lipinski definition) is 2. The topological polar surface area (TPSA) is 29.5 Å². The van der Waals surface area contributed by atoms with Crippen molar-refractivity contribution >= 4 is 12.2 Å². The van der Waals surface area contributed by atoms with E-state index in [0.717, 1.165) is 48.3 Å². The lowest BCUT2D eigenvalue weighted by molar-refractivity contribution is 0.455. The number of benzene rings is 2. The van der Waals surface area contributed by atoms with Crippen molar-refractivity contribution < 1.29 is 9.84 Å². The molecule has 2 aliphatic carbocycles. The molecule has 0 fully saturated rings. The van der Waals surface area contributed by atoms with Crippen LogP contribution in [0.2, 0.25) is 0 Å². The Kier molecular flexibility index (Phi) is 3.23. The molecule has 2 nitrogen and oxygen atoms in total. The Morgan fingerprint density at radius 1 is 0.909 bits per heavy atom. The Morgan fingerprint density at radius 3 is 2.82 bits per heavy atom. The summed E-state index contributed by atoms with van der Waals surface area (Å²) in [4.78, 5) is 0. The average molecular weight is 290 g/mol. The molecule has 2 aliphatic rings. The summed E-state index contributed by atoms with van der Waals surface area (Å²) in [6, 6.07) is 9.77. The van der Waals surface area contributed by atoms with Crippen molar-refractivity contribution in [2.75, 3.05) is 0 Å². The molecular weight excluding hydrogens is 272 g/mol. The van der Waals surface area contributed by atoms with Crippen LogP contribution in [0.3, 0.4) is 0 Å². The number of fused-ring (bicyclic) bond motifs is 2. The molecule has 0 spiro atoms. The van der Waals surface area contributed by atoms with Gasteiger partial charge in [-0.25, -0.2) is 0 Å². The minimum atomic E-state index is 0.369. The highest BCUT2D eigenvalue weighted by molar-refractivity contribution is 5.68. The van der Waals surface area contributed by atoms with Crippen LogP contribution in [0.25, 0.3) is 12.2 Å². The summed E-state index contributed by atoms with van der Waals surface area (Å²) in [6.07, 6.45) is 12.5. The molecule has 22 heavy (non-hydrogen) atoms. The first kappa shape index (κ1) is 13.2. The van der Waals surface area contributed by atoms with E-state index in [9.17, 15) is 5.11 Å². The second-order valence-corrected chi connectivity index (χ2v) is 5.80. The molecule has 0 saturated carbocycles. The number of phenolic OH excluding ortho intramolecular Hbond substituents is 1. The summed E-state index contributed by atoms with van der Waals surface area (Å²) in [6.45, 7) is 0. The van der Waals surface area contributed by atoms with Crippen molar-refractivity contribution in [3.63, 3.8) is 0 Å². The summed E-state index contributed by atoms with van der Waals surface area (Å²) in [5, 5.41) is 10.1. The van der Waals surface area contributed by atoms with Gasteiger partial charge in [-0.3, -0.25) is 0 Å². The molecule has 0 amide bonds. The van der Waals surface area contributed by atoms with Crippen LogP contribution in [0.4, 0.5) is 0 Å². The van der Waals surface area contributed by atoms with E-state index < -0.39 is 0 Å². The molecule has 0 saturated heterocycles. The van der Waals surface area contributed by atoms with E-state index >= 15 is 0 Å². The summed E-state index contributed by atoms with van der Waals surface area (Å²) in [5.74, 6) is 2.10. The molecule has 0 heterocycles. The Morgan fingerprint density at radius 2 is 1.86 bits per heavy atom. The van der Waals surface area contributed by atoms with Crippen LogP contribution in [0.15, 0.2) is 42.5 Å². The quantitative estimate of drug-likeness (QED) is 0.833. The number of aromatic hydroxyl groups is 1. The highest BCUT2D eigenvalue weighted by Crippen LogP contribution is 2.38. The predicted octanol–water partition coefficient (Wildman–Crippen LogP) is 5.10. The van der Waals surface area contributed by atoms with Gasteiger partial charge < -0.3 is 9.84 Å². The van der Waals surface area contributed by atoms with E-state index in [1.807, 2.05) is 18.2 Å². The zero-order chi connectivity index (χ0) is 14.9. The van der Waals surface area contributed by atoms with Crippen molar-refractivity contribution in [3.05, 3.63) is 64.7 Å². The van der Waals surface area contributed by atoms with E-state index in [4.69, 9.17) is 4.74 Å². The molecule has 2 aromatic rings. The van der Waals surface area contributed by atoms with Gasteiger partial charge in [0.15, 0.2) is 0 Å². The van der Waals surface area contributed by atoms with Crippen molar-refractivity contribution in [2.45, 2.75) is 25.7 Å². The molecule has 110 valence electrons. The average Bonchev–Trinajstić information content (AvgIpc) is 2.87. The number of phenols is 1. The van der Waals surface area contributed by atoms with Gasteiger partial charge in [0.05, 0.1) is 0 Å². The van der Waals surface area contributed by atoms with Crippen LogP contribution in [-0.4, -0.2) is 5.11 Å². The van der Waals surface area contributed by atoms with E-state index in [0.29, 0.717) is 5.75 Å². The standard InChI is InChI=1S/C20H18O2/c21-18-12-13-20(17-9-3-1-2-8-16(17)18)22-19-11-5-7-14-6-4-10-15(14)19/h3-7,9,11-13,21H,1-2,8,10H2. The zero-order valence-electron chi connectivity index (χ0n) is 12.4. The fourth-order valence-corrected chi connectivity index (χ4v) is 3.24. The highest BCUT2D eigenvalue weighted by atomic mass is 16.5. The minimum Gasteiger partial charge on any atom is -0.508 e. The zero-order valence-corrected chi connectivity index (χ0v) is 12.4. The van der Waals surface area contributed by atoms with Crippen LogP contribution in [0.1, 0.15) is 35.1 Å². The molecule has 0 aliphatic heterocycles. The molecule has 1 N–H and O–H groups in total. The number of ether oxygens (including phenoxy) is 1. The van der Waals surface area contributed by atoms with Crippen LogP contribution < -0.4 is 4.74 Å². The monoisotopic (exact) mass is 290 g/mol. The minimum absolute atomic E-state index is 0.369. The molecule has 4 rings (SSSR count). The van der Waals surface area contributed by atoms with Gasteiger partial charge in [-0.05, 0) is 49.4 Å². The maximum Gasteiger partial charge on any atom is 0.135 e. The van der Waals surface area contributed by atoms with Crippen LogP contribution in [0, 0.1) is 0 Å². The third-order valence-electron chi connectivity index (χ3n) is 4.38. The summed E-state index contributed by atoms with van der Waals surface area (Å²) in [5.41, 5.74) is 4.48. The van der Waals surface area contributed by atoms with E-state index in [2.05, 4.69) is 30.4 Å². The Bertz CT molecular complexity index is 785. The lowest BCUT2D eigenvalue weighted by Crippen LogP contribution is -1.96. The Hall–Kier alpha value is -2.48. The number of rotatable bonds is 2. The summed E-state index contributed by atoms with van der Waals surface area (Å²) < 4.78 is 6.23. The van der Waals surface area contributed by atoms with Gasteiger partial charge in [0.1, 0.15) is 17.2 Å². The second-order valence-electron chi connectivity index (χ2n) is 5.80. The third kappa shape index (κ3) is 2.21. The molecule has 2 aromatic carbocycles. The third-order valence-corrected chi connectivity index (χ3v) is 4.38. The van der Waals surface area contributed by atoms with Gasteiger partial charge in [-0.1, -0.05) is 36.4 Å². The lowest BCUT2D eigenvalue weighted by atomic mass is 10.0. The van der Waals surface area contributed by atoms with Crippen LogP contribution in [0.5, 0.6) is 17.2 Å². The molecule has 2 heteroatoms. The molecule has 0 bridgehead atoms. The molecule has 0 aromatic heterocycles. The predicted molar refractivity (Wildman–Crippen MR) is 89.3 cm³/mol. The van der Waals surface area contributed by atoms with Crippen LogP contribution >= 0.6 is 0 Å². The van der Waals surface area contributed by atoms with Crippen LogP contribution in [-0.2, 0) is 12.8 Å². The van der Waals surface area contributed by atoms with Crippen molar-refractivity contribution in [1.29, 1.82) is 0 Å². The number of allylic oxidation sites excluding steroid dienone is 2. The van der Waals surface area contributed by atoms with Gasteiger partial charge >= 0.3 is 0 Å². The van der Waals surface area contributed by atoms with E-state index in [1.165, 1.54) is 11.1 Å². The molecule has 0 radical (unpaired) electrons. The normalized spacial score (nSPS) is 15.3. The maximum atomic E-state index is 10.1. The Labute approximate surface area is 130 Å². The lowest BCUT2D eigenvalue weighted by Gasteiger charge is -2.15. The largest absolute Gasteiger partial charge is 0.508 e. The van der Waals surface area contributed by atoms with Gasteiger partial charge in [-0.15, -0.1) is 0 Å². The molecule has 0 atom stereocenters. The van der Waals surface area contributed by atoms with Crippen molar-refractivity contribution in [2.24, 2.45) is 0 Å². The molecule has 0 unspecified atom stereocenters. The van der Waals surface area contributed by atoms with E-state index in [-0.39, 0.29) is 0 Å². The first-order valence-electron chi connectivity index (χ1n) is 7.80. The summed E-state index contributed by atoms with van der Waals surface area (Å²) in [7, 11) is 0. The SMILES string of the molecule is Oc1ccc(Oc2cccc3c2CC=C3)c2c1CCCC=C2. The van der Waals surface area contributed by atoms with Crippen molar-refractivity contribution in [1.82, 2.24) is 0 Å². The number of hydrogen-bond donors (Lipinski definition) is 1. The highest BCUT2D eigenvalue weighted by Gasteiger charge is 2.17. The van der Waals surface area contributed by atoms with Gasteiger partial charge in [0.2, 0.25) is 0 Å². The maximum absolute atomic E-state index is 10.1. The van der Waals surface area contributed by atoms with Gasteiger partial charge in [-0.2, -0.15) is 0 Å².